The third-order valence-corrected chi connectivity index (χ3v) is 2.64. The van der Waals surface area contributed by atoms with Gasteiger partial charge in [-0.25, -0.2) is 4.98 Å². The van der Waals surface area contributed by atoms with E-state index in [1.165, 1.54) is 24.3 Å². The SMILES string of the molecule is N#CCc1ccnc(F)c1-c1ccccc1OC(F)(F)F. The molecule has 108 valence electrons. The molecule has 0 atom stereocenters. The van der Waals surface area contributed by atoms with E-state index in [2.05, 4.69) is 9.72 Å². The maximum atomic E-state index is 13.9. The first-order valence-electron chi connectivity index (χ1n) is 5.78. The summed E-state index contributed by atoms with van der Waals surface area (Å²) in [7, 11) is 0. The molecule has 0 spiro atoms. The summed E-state index contributed by atoms with van der Waals surface area (Å²) in [6.07, 6.45) is -3.90. The zero-order valence-electron chi connectivity index (χ0n) is 10.5. The lowest BCUT2D eigenvalue weighted by atomic mass is 9.99. The first kappa shape index (κ1) is 14.8. The lowest BCUT2D eigenvalue weighted by molar-refractivity contribution is -0.274. The Balaban J connectivity index is 2.60. The highest BCUT2D eigenvalue weighted by Gasteiger charge is 2.32. The van der Waals surface area contributed by atoms with Crippen molar-refractivity contribution in [3.8, 4) is 22.9 Å². The molecule has 0 N–H and O–H groups in total. The van der Waals surface area contributed by atoms with Crippen LogP contribution in [0.2, 0.25) is 0 Å². The molecule has 0 amide bonds. The zero-order valence-corrected chi connectivity index (χ0v) is 10.5. The fourth-order valence-corrected chi connectivity index (χ4v) is 1.88. The molecule has 0 saturated carbocycles. The van der Waals surface area contributed by atoms with E-state index in [0.717, 1.165) is 12.3 Å². The molecule has 0 unspecified atom stereocenters. The summed E-state index contributed by atoms with van der Waals surface area (Å²) in [6, 6.07) is 8.35. The normalized spacial score (nSPS) is 11.0. The van der Waals surface area contributed by atoms with Crippen LogP contribution in [0, 0.1) is 17.3 Å². The average Bonchev–Trinajstić information content (AvgIpc) is 2.39. The van der Waals surface area contributed by atoms with E-state index in [4.69, 9.17) is 5.26 Å². The first-order valence-corrected chi connectivity index (χ1v) is 5.78. The lowest BCUT2D eigenvalue weighted by Crippen LogP contribution is -2.17. The Morgan fingerprint density at radius 3 is 2.57 bits per heavy atom. The van der Waals surface area contributed by atoms with Crippen LogP contribution in [0.4, 0.5) is 17.6 Å². The molecule has 0 fully saturated rings. The predicted molar refractivity (Wildman–Crippen MR) is 65.6 cm³/mol. The number of hydrogen-bond donors (Lipinski definition) is 0. The Bertz CT molecular complexity index is 692. The summed E-state index contributed by atoms with van der Waals surface area (Å²) in [5.74, 6) is -1.50. The number of ether oxygens (including phenoxy) is 1. The number of halogens is 4. The van der Waals surface area contributed by atoms with Gasteiger partial charge in [0.2, 0.25) is 5.95 Å². The molecule has 7 heteroatoms. The van der Waals surface area contributed by atoms with Gasteiger partial charge in [-0.05, 0) is 17.7 Å². The molecule has 3 nitrogen and oxygen atoms in total. The van der Waals surface area contributed by atoms with Crippen molar-refractivity contribution < 1.29 is 22.3 Å². The smallest absolute Gasteiger partial charge is 0.405 e. The molecule has 0 radical (unpaired) electrons. The number of benzene rings is 1. The number of alkyl halides is 3. The second kappa shape index (κ2) is 5.79. The standard InChI is InChI=1S/C14H8F4N2O/c15-13-12(9(5-7-19)6-8-20-13)10-3-1-2-4-11(10)21-14(16,17)18/h1-4,6,8H,5H2. The molecule has 0 aliphatic rings. The lowest BCUT2D eigenvalue weighted by Gasteiger charge is -2.15. The van der Waals surface area contributed by atoms with Gasteiger partial charge in [0, 0.05) is 17.3 Å². The van der Waals surface area contributed by atoms with Crippen molar-refractivity contribution in [2.45, 2.75) is 12.8 Å². The summed E-state index contributed by atoms with van der Waals surface area (Å²) in [5.41, 5.74) is -0.0344. The van der Waals surface area contributed by atoms with Crippen molar-refractivity contribution in [1.29, 1.82) is 5.26 Å². The molecule has 0 aliphatic carbocycles. The Labute approximate surface area is 117 Å². The molecule has 2 aromatic rings. The zero-order chi connectivity index (χ0) is 15.5. The molecular formula is C14H8F4N2O. The van der Waals surface area contributed by atoms with Gasteiger partial charge in [-0.2, -0.15) is 9.65 Å². The molecule has 1 heterocycles. The summed E-state index contributed by atoms with van der Waals surface area (Å²) in [6.45, 7) is 0. The third-order valence-electron chi connectivity index (χ3n) is 2.64. The van der Waals surface area contributed by atoms with E-state index >= 15 is 0 Å². The van der Waals surface area contributed by atoms with Crippen molar-refractivity contribution in [3.63, 3.8) is 0 Å². The van der Waals surface area contributed by atoms with Gasteiger partial charge in [0.25, 0.3) is 0 Å². The van der Waals surface area contributed by atoms with Crippen LogP contribution in [0.5, 0.6) is 5.75 Å². The van der Waals surface area contributed by atoms with Crippen LogP contribution in [0.3, 0.4) is 0 Å². The van der Waals surface area contributed by atoms with Gasteiger partial charge in [0.15, 0.2) is 0 Å². The molecule has 0 saturated heterocycles. The number of nitrogens with zero attached hydrogens (tertiary/aromatic N) is 2. The second-order valence-corrected chi connectivity index (χ2v) is 4.01. The first-order chi connectivity index (χ1) is 9.92. The van der Waals surface area contributed by atoms with Gasteiger partial charge in [0.05, 0.1) is 12.5 Å². The van der Waals surface area contributed by atoms with Crippen molar-refractivity contribution >= 4 is 0 Å². The number of aromatic nitrogens is 1. The highest BCUT2D eigenvalue weighted by atomic mass is 19.4. The van der Waals surface area contributed by atoms with Gasteiger partial charge in [-0.3, -0.25) is 0 Å². The third kappa shape index (κ3) is 3.48. The van der Waals surface area contributed by atoms with E-state index in [9.17, 15) is 17.6 Å². The second-order valence-electron chi connectivity index (χ2n) is 4.01. The van der Waals surface area contributed by atoms with Gasteiger partial charge in [-0.1, -0.05) is 18.2 Å². The maximum absolute atomic E-state index is 13.9. The maximum Gasteiger partial charge on any atom is 0.573 e. The minimum absolute atomic E-state index is 0.106. The fraction of sp³-hybridized carbons (Fsp3) is 0.143. The van der Waals surface area contributed by atoms with E-state index in [1.54, 1.807) is 0 Å². The van der Waals surface area contributed by atoms with Crippen LogP contribution in [0.15, 0.2) is 36.5 Å². The quantitative estimate of drug-likeness (QED) is 0.638. The Hall–Kier alpha value is -2.62. The summed E-state index contributed by atoms with van der Waals surface area (Å²) in [5, 5.41) is 8.73. The molecule has 1 aromatic carbocycles. The highest BCUT2D eigenvalue weighted by Crippen LogP contribution is 2.36. The Morgan fingerprint density at radius 2 is 1.90 bits per heavy atom. The summed E-state index contributed by atoms with van der Waals surface area (Å²) >= 11 is 0. The number of rotatable bonds is 3. The van der Waals surface area contributed by atoms with Gasteiger partial charge in [-0.15, -0.1) is 13.2 Å². The van der Waals surface area contributed by atoms with Gasteiger partial charge < -0.3 is 4.74 Å². The largest absolute Gasteiger partial charge is 0.573 e. The average molecular weight is 296 g/mol. The number of para-hydroxylation sites is 1. The van der Waals surface area contributed by atoms with Crippen LogP contribution in [-0.4, -0.2) is 11.3 Å². The van der Waals surface area contributed by atoms with Crippen molar-refractivity contribution in [2.75, 3.05) is 0 Å². The predicted octanol–water partition coefficient (Wildman–Crippen LogP) is 3.85. The number of pyridine rings is 1. The summed E-state index contributed by atoms with van der Waals surface area (Å²) in [4.78, 5) is 3.42. The van der Waals surface area contributed by atoms with Crippen molar-refractivity contribution in [1.82, 2.24) is 4.98 Å². The minimum atomic E-state index is -4.90. The van der Waals surface area contributed by atoms with Crippen LogP contribution in [0.1, 0.15) is 5.56 Å². The van der Waals surface area contributed by atoms with E-state index in [1.807, 2.05) is 6.07 Å². The van der Waals surface area contributed by atoms with E-state index in [-0.39, 0.29) is 23.1 Å². The molecular weight excluding hydrogens is 288 g/mol. The molecule has 2 rings (SSSR count). The molecule has 21 heavy (non-hydrogen) atoms. The van der Waals surface area contributed by atoms with Crippen LogP contribution < -0.4 is 4.74 Å². The van der Waals surface area contributed by atoms with Crippen molar-refractivity contribution in [3.05, 3.63) is 48.0 Å². The minimum Gasteiger partial charge on any atom is -0.405 e. The van der Waals surface area contributed by atoms with Gasteiger partial charge >= 0.3 is 6.36 Å². The van der Waals surface area contributed by atoms with Crippen molar-refractivity contribution in [2.24, 2.45) is 0 Å². The van der Waals surface area contributed by atoms with Crippen LogP contribution in [-0.2, 0) is 6.42 Å². The Morgan fingerprint density at radius 1 is 1.19 bits per heavy atom. The number of nitriles is 1. The van der Waals surface area contributed by atoms with Gasteiger partial charge in [0.1, 0.15) is 5.75 Å². The topological polar surface area (TPSA) is 45.9 Å². The molecule has 1 aromatic heterocycles. The fourth-order valence-electron chi connectivity index (χ4n) is 1.88. The van der Waals surface area contributed by atoms with Crippen LogP contribution in [0.25, 0.3) is 11.1 Å². The highest BCUT2D eigenvalue weighted by molar-refractivity contribution is 5.73. The number of hydrogen-bond acceptors (Lipinski definition) is 3. The van der Waals surface area contributed by atoms with Crippen LogP contribution >= 0.6 is 0 Å². The van der Waals surface area contributed by atoms with E-state index in [0.29, 0.717) is 0 Å². The molecule has 0 aliphatic heterocycles. The monoisotopic (exact) mass is 296 g/mol. The van der Waals surface area contributed by atoms with E-state index < -0.39 is 18.1 Å². The molecule has 0 bridgehead atoms. The Kier molecular flexibility index (Phi) is 4.08. The summed E-state index contributed by atoms with van der Waals surface area (Å²) < 4.78 is 55.0.